The number of ether oxygens (including phenoxy) is 1. The molecule has 1 aliphatic heterocycles. The lowest BCUT2D eigenvalue weighted by Crippen LogP contribution is -2.40. The van der Waals surface area contributed by atoms with Crippen molar-refractivity contribution in [2.75, 3.05) is 20.2 Å². The van der Waals surface area contributed by atoms with Crippen LogP contribution in [-0.2, 0) is 11.2 Å². The number of nitrogens with zero attached hydrogens (tertiary/aromatic N) is 2. The van der Waals surface area contributed by atoms with Crippen LogP contribution in [0.4, 0.5) is 0 Å². The van der Waals surface area contributed by atoms with Gasteiger partial charge in [0.1, 0.15) is 5.75 Å². The summed E-state index contributed by atoms with van der Waals surface area (Å²) in [6.07, 6.45) is 2.58. The predicted molar refractivity (Wildman–Crippen MR) is 115 cm³/mol. The molecule has 150 valence electrons. The van der Waals surface area contributed by atoms with E-state index in [4.69, 9.17) is 4.74 Å². The number of aromatic nitrogens is 1. The fourth-order valence-electron chi connectivity index (χ4n) is 3.78. The summed E-state index contributed by atoms with van der Waals surface area (Å²) in [6, 6.07) is 15.3. The first-order valence-electron chi connectivity index (χ1n) is 9.94. The number of carbonyl (C=O) groups is 2. The fraction of sp³-hybridized carbons (Fsp3) is 0.348. The van der Waals surface area contributed by atoms with E-state index in [0.29, 0.717) is 31.5 Å². The number of benzene rings is 2. The van der Waals surface area contributed by atoms with Crippen LogP contribution in [0.5, 0.6) is 5.75 Å². The minimum Gasteiger partial charge on any atom is -0.497 e. The van der Waals surface area contributed by atoms with Gasteiger partial charge in [-0.25, -0.2) is 4.98 Å². The summed E-state index contributed by atoms with van der Waals surface area (Å²) in [5, 5.41) is 1.00. The molecule has 0 atom stereocenters. The van der Waals surface area contributed by atoms with E-state index in [0.717, 1.165) is 33.8 Å². The number of para-hydroxylation sites is 1. The van der Waals surface area contributed by atoms with Gasteiger partial charge in [0.25, 0.3) is 0 Å². The van der Waals surface area contributed by atoms with Gasteiger partial charge in [-0.05, 0) is 49.2 Å². The van der Waals surface area contributed by atoms with E-state index in [1.54, 1.807) is 18.4 Å². The Kier molecular flexibility index (Phi) is 5.90. The molecular formula is C23H24N2O3S. The number of carbonyl (C=O) groups excluding carboxylic acids is 2. The minimum atomic E-state index is -0.0169. The molecular weight excluding hydrogens is 384 g/mol. The number of fused-ring (bicyclic) bond motifs is 1. The van der Waals surface area contributed by atoms with Crippen LogP contribution in [0, 0.1) is 5.92 Å². The molecule has 2 aromatic carbocycles. The average molecular weight is 409 g/mol. The lowest BCUT2D eigenvalue weighted by Gasteiger charge is -2.31. The van der Waals surface area contributed by atoms with Crippen molar-refractivity contribution in [3.63, 3.8) is 0 Å². The summed E-state index contributed by atoms with van der Waals surface area (Å²) in [4.78, 5) is 31.8. The Morgan fingerprint density at radius 3 is 2.52 bits per heavy atom. The van der Waals surface area contributed by atoms with Crippen LogP contribution in [0.25, 0.3) is 10.2 Å². The molecule has 5 nitrogen and oxygen atoms in total. The van der Waals surface area contributed by atoms with Gasteiger partial charge in [0.05, 0.1) is 22.3 Å². The van der Waals surface area contributed by atoms with Gasteiger partial charge in [-0.1, -0.05) is 12.1 Å². The Labute approximate surface area is 174 Å². The Morgan fingerprint density at radius 2 is 1.83 bits per heavy atom. The number of hydrogen-bond donors (Lipinski definition) is 0. The summed E-state index contributed by atoms with van der Waals surface area (Å²) >= 11 is 1.65. The van der Waals surface area contributed by atoms with Crippen LogP contribution >= 0.6 is 11.3 Å². The summed E-state index contributed by atoms with van der Waals surface area (Å²) < 4.78 is 6.31. The lowest BCUT2D eigenvalue weighted by atomic mass is 9.88. The number of Topliss-reactive ketones (excluding diaryl/α,β-unsaturated/α-hetero) is 1. The second-order valence-corrected chi connectivity index (χ2v) is 8.44. The lowest BCUT2D eigenvalue weighted by molar-refractivity contribution is -0.132. The average Bonchev–Trinajstić information content (AvgIpc) is 3.20. The molecule has 29 heavy (non-hydrogen) atoms. The molecule has 1 fully saturated rings. The van der Waals surface area contributed by atoms with E-state index >= 15 is 0 Å². The number of ketones is 1. The Bertz CT molecular complexity index is 971. The third-order valence-electron chi connectivity index (χ3n) is 5.48. The maximum Gasteiger partial charge on any atom is 0.222 e. The molecule has 0 unspecified atom stereocenters. The van der Waals surface area contributed by atoms with Crippen LogP contribution in [0.1, 0.15) is 34.6 Å². The fourth-order valence-corrected chi connectivity index (χ4v) is 4.75. The molecule has 0 aliphatic carbocycles. The first-order chi connectivity index (χ1) is 14.1. The van der Waals surface area contributed by atoms with Crippen molar-refractivity contribution in [1.82, 2.24) is 9.88 Å². The van der Waals surface area contributed by atoms with Crippen LogP contribution in [0.15, 0.2) is 48.5 Å². The molecule has 0 spiro atoms. The second-order valence-electron chi connectivity index (χ2n) is 7.32. The predicted octanol–water partition coefficient (Wildman–Crippen LogP) is 4.36. The molecule has 0 bridgehead atoms. The monoisotopic (exact) mass is 408 g/mol. The molecule has 6 heteroatoms. The highest BCUT2D eigenvalue weighted by molar-refractivity contribution is 7.18. The molecule has 0 saturated carbocycles. The number of thiazole rings is 1. The molecule has 2 heterocycles. The van der Waals surface area contributed by atoms with Gasteiger partial charge in [-0.3, -0.25) is 9.59 Å². The molecule has 1 saturated heterocycles. The smallest absolute Gasteiger partial charge is 0.222 e. The zero-order chi connectivity index (χ0) is 20.2. The first kappa shape index (κ1) is 19.6. The summed E-state index contributed by atoms with van der Waals surface area (Å²) in [5.41, 5.74) is 1.71. The Hall–Kier alpha value is -2.73. The van der Waals surface area contributed by atoms with Gasteiger partial charge in [-0.15, -0.1) is 11.3 Å². The van der Waals surface area contributed by atoms with Crippen molar-refractivity contribution in [2.24, 2.45) is 5.92 Å². The largest absolute Gasteiger partial charge is 0.497 e. The quantitative estimate of drug-likeness (QED) is 0.569. The SMILES string of the molecule is COc1ccc(C(=O)C2CCN(C(=O)CCc3nc4ccccc4s3)CC2)cc1. The molecule has 1 aromatic heterocycles. The highest BCUT2D eigenvalue weighted by Gasteiger charge is 2.27. The zero-order valence-corrected chi connectivity index (χ0v) is 17.3. The second kappa shape index (κ2) is 8.74. The van der Waals surface area contributed by atoms with Gasteiger partial charge < -0.3 is 9.64 Å². The number of piperidine rings is 1. The maximum absolute atomic E-state index is 12.7. The van der Waals surface area contributed by atoms with Crippen LogP contribution in [0.3, 0.4) is 0 Å². The number of methoxy groups -OCH3 is 1. The van der Waals surface area contributed by atoms with Crippen molar-refractivity contribution in [2.45, 2.75) is 25.7 Å². The first-order valence-corrected chi connectivity index (χ1v) is 10.8. The third-order valence-corrected chi connectivity index (χ3v) is 6.58. The van der Waals surface area contributed by atoms with E-state index in [-0.39, 0.29) is 17.6 Å². The minimum absolute atomic E-state index is 0.0169. The van der Waals surface area contributed by atoms with Gasteiger partial charge in [0.2, 0.25) is 5.91 Å². The van der Waals surface area contributed by atoms with E-state index in [1.807, 2.05) is 47.4 Å². The van der Waals surface area contributed by atoms with E-state index in [9.17, 15) is 9.59 Å². The molecule has 0 N–H and O–H groups in total. The number of likely N-dealkylation sites (tertiary alicyclic amines) is 1. The Balaban J connectivity index is 1.28. The zero-order valence-electron chi connectivity index (χ0n) is 16.5. The summed E-state index contributed by atoms with van der Waals surface area (Å²) in [5.74, 6) is 1.04. The molecule has 1 aliphatic rings. The van der Waals surface area contributed by atoms with E-state index in [1.165, 1.54) is 0 Å². The van der Waals surface area contributed by atoms with Crippen LogP contribution in [0.2, 0.25) is 0 Å². The van der Waals surface area contributed by atoms with Crippen molar-refractivity contribution >= 4 is 33.2 Å². The molecule has 1 amide bonds. The van der Waals surface area contributed by atoms with Crippen molar-refractivity contribution in [3.8, 4) is 5.75 Å². The molecule has 0 radical (unpaired) electrons. The topological polar surface area (TPSA) is 59.5 Å². The standard InChI is InChI=1S/C23H24N2O3S/c1-28-18-8-6-16(7-9-18)23(27)17-12-14-25(15-13-17)22(26)11-10-21-24-19-4-2-3-5-20(19)29-21/h2-9,17H,10-15H2,1H3. The van der Waals surface area contributed by atoms with Gasteiger partial charge in [0.15, 0.2) is 5.78 Å². The third kappa shape index (κ3) is 4.48. The van der Waals surface area contributed by atoms with Crippen LogP contribution in [-0.4, -0.2) is 41.8 Å². The number of amides is 1. The van der Waals surface area contributed by atoms with E-state index < -0.39 is 0 Å². The highest BCUT2D eigenvalue weighted by Crippen LogP contribution is 2.25. The van der Waals surface area contributed by atoms with Crippen molar-refractivity contribution < 1.29 is 14.3 Å². The van der Waals surface area contributed by atoms with Gasteiger partial charge in [0, 0.05) is 37.4 Å². The normalized spacial score (nSPS) is 14.9. The summed E-state index contributed by atoms with van der Waals surface area (Å²) in [7, 11) is 1.61. The van der Waals surface area contributed by atoms with Gasteiger partial charge in [-0.2, -0.15) is 0 Å². The number of hydrogen-bond acceptors (Lipinski definition) is 5. The van der Waals surface area contributed by atoms with Crippen molar-refractivity contribution in [3.05, 3.63) is 59.1 Å². The van der Waals surface area contributed by atoms with Crippen LogP contribution < -0.4 is 4.74 Å². The number of aryl methyl sites for hydroxylation is 1. The van der Waals surface area contributed by atoms with Gasteiger partial charge >= 0.3 is 0 Å². The molecule has 4 rings (SSSR count). The number of rotatable bonds is 6. The molecule has 3 aromatic rings. The Morgan fingerprint density at radius 1 is 1.10 bits per heavy atom. The summed E-state index contributed by atoms with van der Waals surface area (Å²) in [6.45, 7) is 1.29. The van der Waals surface area contributed by atoms with E-state index in [2.05, 4.69) is 11.1 Å². The highest BCUT2D eigenvalue weighted by atomic mass is 32.1. The maximum atomic E-state index is 12.7. The van der Waals surface area contributed by atoms with Crippen molar-refractivity contribution in [1.29, 1.82) is 0 Å².